The van der Waals surface area contributed by atoms with Gasteiger partial charge in [-0.05, 0) is 23.3 Å². The van der Waals surface area contributed by atoms with Gasteiger partial charge in [0.1, 0.15) is 18.8 Å². The topological polar surface area (TPSA) is 52.0 Å². The van der Waals surface area contributed by atoms with E-state index in [9.17, 15) is 13.6 Å². The Balaban J connectivity index is 1.74. The van der Waals surface area contributed by atoms with Crippen LogP contribution in [0.25, 0.3) is 0 Å². The number of rotatable bonds is 7. The predicted molar refractivity (Wildman–Crippen MR) is 95.9 cm³/mol. The summed E-state index contributed by atoms with van der Waals surface area (Å²) in [5.41, 5.74) is 1.72. The number of nitrogens with one attached hydrogen (secondary N) is 2. The van der Waals surface area contributed by atoms with Crippen LogP contribution in [0.3, 0.4) is 0 Å². The van der Waals surface area contributed by atoms with Crippen LogP contribution in [0.2, 0.25) is 0 Å². The van der Waals surface area contributed by atoms with Crippen molar-refractivity contribution in [2.75, 3.05) is 32.8 Å². The Bertz CT molecular complexity index is 720. The number of morpholine rings is 1. The van der Waals surface area contributed by atoms with E-state index >= 15 is 0 Å². The summed E-state index contributed by atoms with van der Waals surface area (Å²) in [7, 11) is 0. The first-order valence-corrected chi connectivity index (χ1v) is 8.92. The van der Waals surface area contributed by atoms with Crippen LogP contribution >= 0.6 is 0 Å². The van der Waals surface area contributed by atoms with Gasteiger partial charge in [0.25, 0.3) is 5.91 Å². The van der Waals surface area contributed by atoms with Crippen molar-refractivity contribution < 1.29 is 27.9 Å². The number of carbonyl (C=O) groups excluding carboxylic acids is 1. The van der Waals surface area contributed by atoms with Crippen molar-refractivity contribution in [2.24, 2.45) is 0 Å². The number of halogens is 2. The van der Waals surface area contributed by atoms with E-state index < -0.39 is 6.61 Å². The fourth-order valence-corrected chi connectivity index (χ4v) is 3.12. The molecule has 1 fully saturated rings. The molecule has 2 aromatic rings. The second-order valence-electron chi connectivity index (χ2n) is 6.40. The molecule has 0 bridgehead atoms. The predicted octanol–water partition coefficient (Wildman–Crippen LogP) is 1.41. The molecule has 3 rings (SSSR count). The number of ether oxygens (including phenoxy) is 2. The SMILES string of the molecule is O=C(C[NH+]1CCOCC1)N[C@@H](c1ccccc1)c1ccc(OC(F)F)cc1. The van der Waals surface area contributed by atoms with E-state index in [0.717, 1.165) is 24.2 Å². The summed E-state index contributed by atoms with van der Waals surface area (Å²) in [4.78, 5) is 13.8. The first kappa shape index (κ1) is 19.3. The molecular formula is C20H23F2N2O3+. The van der Waals surface area contributed by atoms with Gasteiger partial charge >= 0.3 is 6.61 Å². The van der Waals surface area contributed by atoms with E-state index in [2.05, 4.69) is 10.1 Å². The van der Waals surface area contributed by atoms with Crippen LogP contribution in [-0.2, 0) is 9.53 Å². The van der Waals surface area contributed by atoms with Crippen molar-refractivity contribution in [3.8, 4) is 5.75 Å². The van der Waals surface area contributed by atoms with Crippen molar-refractivity contribution in [1.82, 2.24) is 5.32 Å². The molecule has 5 nitrogen and oxygen atoms in total. The molecule has 1 atom stereocenters. The Labute approximate surface area is 156 Å². The van der Waals surface area contributed by atoms with Crippen LogP contribution in [0.4, 0.5) is 8.78 Å². The second kappa shape index (κ2) is 9.43. The zero-order valence-electron chi connectivity index (χ0n) is 14.9. The lowest BCUT2D eigenvalue weighted by molar-refractivity contribution is -0.900. The highest BCUT2D eigenvalue weighted by atomic mass is 19.3. The highest BCUT2D eigenvalue weighted by Crippen LogP contribution is 2.24. The molecule has 1 heterocycles. The molecule has 0 spiro atoms. The van der Waals surface area contributed by atoms with Gasteiger partial charge in [0.05, 0.1) is 19.3 Å². The summed E-state index contributed by atoms with van der Waals surface area (Å²) in [5.74, 6) is 0.0262. The summed E-state index contributed by atoms with van der Waals surface area (Å²) in [6, 6.07) is 15.5. The molecule has 144 valence electrons. The van der Waals surface area contributed by atoms with E-state index in [1.54, 1.807) is 12.1 Å². The minimum atomic E-state index is -2.86. The average molecular weight is 377 g/mol. The van der Waals surface area contributed by atoms with E-state index in [4.69, 9.17) is 4.74 Å². The number of hydrogen-bond acceptors (Lipinski definition) is 3. The molecule has 2 aromatic carbocycles. The average Bonchev–Trinajstić information content (AvgIpc) is 2.68. The first-order chi connectivity index (χ1) is 13.1. The molecule has 0 aliphatic carbocycles. The van der Waals surface area contributed by atoms with E-state index in [0.29, 0.717) is 19.8 Å². The van der Waals surface area contributed by atoms with Gasteiger partial charge in [0.15, 0.2) is 6.54 Å². The monoisotopic (exact) mass is 377 g/mol. The van der Waals surface area contributed by atoms with Crippen molar-refractivity contribution in [3.05, 3.63) is 65.7 Å². The fraction of sp³-hybridized carbons (Fsp3) is 0.350. The van der Waals surface area contributed by atoms with Gasteiger partial charge < -0.3 is 19.7 Å². The maximum atomic E-state index is 12.6. The lowest BCUT2D eigenvalue weighted by Crippen LogP contribution is -3.15. The van der Waals surface area contributed by atoms with Gasteiger partial charge in [-0.2, -0.15) is 8.78 Å². The third kappa shape index (κ3) is 5.74. The molecule has 1 aliphatic heterocycles. The van der Waals surface area contributed by atoms with Gasteiger partial charge in [-0.25, -0.2) is 0 Å². The summed E-state index contributed by atoms with van der Waals surface area (Å²) >= 11 is 0. The standard InChI is InChI=1S/C20H22F2N2O3/c21-20(22)27-17-8-6-16(7-9-17)19(15-4-2-1-3-5-15)23-18(25)14-24-10-12-26-13-11-24/h1-9,19-20H,10-14H2,(H,23,25)/p+1/t19-/m0/s1. The number of amides is 1. The van der Waals surface area contributed by atoms with Crippen molar-refractivity contribution in [3.63, 3.8) is 0 Å². The largest absolute Gasteiger partial charge is 0.435 e. The van der Waals surface area contributed by atoms with Gasteiger partial charge in [-0.1, -0.05) is 42.5 Å². The van der Waals surface area contributed by atoms with Crippen LogP contribution in [0.5, 0.6) is 5.75 Å². The Morgan fingerprint density at radius 3 is 2.30 bits per heavy atom. The molecule has 0 saturated carbocycles. The maximum absolute atomic E-state index is 12.6. The number of quaternary nitrogens is 1. The minimum absolute atomic E-state index is 0.0614. The Hall–Kier alpha value is -2.51. The number of carbonyl (C=O) groups is 1. The zero-order chi connectivity index (χ0) is 19.1. The zero-order valence-corrected chi connectivity index (χ0v) is 14.9. The van der Waals surface area contributed by atoms with Crippen LogP contribution < -0.4 is 15.0 Å². The van der Waals surface area contributed by atoms with Crippen molar-refractivity contribution in [2.45, 2.75) is 12.7 Å². The smallest absolute Gasteiger partial charge is 0.387 e. The number of alkyl halides is 2. The van der Waals surface area contributed by atoms with E-state index in [-0.39, 0.29) is 17.7 Å². The second-order valence-corrected chi connectivity index (χ2v) is 6.40. The number of hydrogen-bond donors (Lipinski definition) is 2. The minimum Gasteiger partial charge on any atom is -0.435 e. The molecule has 0 aromatic heterocycles. The highest BCUT2D eigenvalue weighted by molar-refractivity contribution is 5.78. The van der Waals surface area contributed by atoms with E-state index in [1.165, 1.54) is 17.0 Å². The molecular weight excluding hydrogens is 354 g/mol. The molecule has 1 saturated heterocycles. The summed E-state index contributed by atoms with van der Waals surface area (Å²) in [6.07, 6.45) is 0. The summed E-state index contributed by atoms with van der Waals surface area (Å²) in [5, 5.41) is 3.07. The molecule has 27 heavy (non-hydrogen) atoms. The molecule has 0 unspecified atom stereocenters. The van der Waals surface area contributed by atoms with Crippen LogP contribution in [0.1, 0.15) is 17.2 Å². The third-order valence-corrected chi connectivity index (χ3v) is 4.49. The van der Waals surface area contributed by atoms with Gasteiger partial charge in [0.2, 0.25) is 0 Å². The molecule has 7 heteroatoms. The van der Waals surface area contributed by atoms with E-state index in [1.807, 2.05) is 30.3 Å². The van der Waals surface area contributed by atoms with Crippen LogP contribution in [0, 0.1) is 0 Å². The quantitative estimate of drug-likeness (QED) is 0.767. The highest BCUT2D eigenvalue weighted by Gasteiger charge is 2.22. The first-order valence-electron chi connectivity index (χ1n) is 8.92. The van der Waals surface area contributed by atoms with Crippen LogP contribution in [0.15, 0.2) is 54.6 Å². The Morgan fingerprint density at radius 2 is 1.67 bits per heavy atom. The molecule has 0 radical (unpaired) electrons. The van der Waals surface area contributed by atoms with Crippen LogP contribution in [-0.4, -0.2) is 45.4 Å². The van der Waals surface area contributed by atoms with Crippen molar-refractivity contribution >= 4 is 5.91 Å². The maximum Gasteiger partial charge on any atom is 0.387 e. The van der Waals surface area contributed by atoms with Gasteiger partial charge in [-0.3, -0.25) is 4.79 Å². The normalized spacial score (nSPS) is 16.1. The fourth-order valence-electron chi connectivity index (χ4n) is 3.12. The van der Waals surface area contributed by atoms with Gasteiger partial charge in [0, 0.05) is 0 Å². The lowest BCUT2D eigenvalue weighted by Gasteiger charge is -2.25. The Morgan fingerprint density at radius 1 is 1.04 bits per heavy atom. The lowest BCUT2D eigenvalue weighted by atomic mass is 9.98. The molecule has 1 aliphatic rings. The third-order valence-electron chi connectivity index (χ3n) is 4.49. The Kier molecular flexibility index (Phi) is 6.73. The van der Waals surface area contributed by atoms with Crippen molar-refractivity contribution in [1.29, 1.82) is 0 Å². The molecule has 2 N–H and O–H groups in total. The number of benzene rings is 2. The summed E-state index contributed by atoms with van der Waals surface area (Å²) < 4.78 is 34.4. The summed E-state index contributed by atoms with van der Waals surface area (Å²) in [6.45, 7) is 0.454. The molecule has 1 amide bonds. The van der Waals surface area contributed by atoms with Gasteiger partial charge in [-0.15, -0.1) is 0 Å².